The number of nitro groups is 1. The summed E-state index contributed by atoms with van der Waals surface area (Å²) in [7, 11) is 0. The molecule has 2 aromatic carbocycles. The summed E-state index contributed by atoms with van der Waals surface area (Å²) in [6.45, 7) is 0.336. The van der Waals surface area contributed by atoms with Crippen molar-refractivity contribution in [2.45, 2.75) is 44.8 Å². The molecule has 3 rings (SSSR count). The predicted molar refractivity (Wildman–Crippen MR) is 98.2 cm³/mol. The summed E-state index contributed by atoms with van der Waals surface area (Å²) >= 11 is 0. The second-order valence-corrected chi connectivity index (χ2v) is 6.55. The minimum Gasteiger partial charge on any atom is -0.489 e. The summed E-state index contributed by atoms with van der Waals surface area (Å²) in [4.78, 5) is 22.5. The molecule has 136 valence electrons. The number of hydrogen-bond donors (Lipinski definition) is 1. The normalized spacial score (nSPS) is 14.6. The second kappa shape index (κ2) is 8.47. The van der Waals surface area contributed by atoms with Crippen LogP contribution in [0.2, 0.25) is 0 Å². The third-order valence-electron chi connectivity index (χ3n) is 4.61. The van der Waals surface area contributed by atoms with E-state index < -0.39 is 4.92 Å². The van der Waals surface area contributed by atoms with Gasteiger partial charge in [0, 0.05) is 23.7 Å². The maximum absolute atomic E-state index is 12.3. The lowest BCUT2D eigenvalue weighted by Crippen LogP contribution is -2.36. The van der Waals surface area contributed by atoms with Gasteiger partial charge in [0.1, 0.15) is 12.4 Å². The van der Waals surface area contributed by atoms with Crippen LogP contribution in [-0.4, -0.2) is 16.9 Å². The number of non-ortho nitro benzene ring substituents is 1. The predicted octanol–water partition coefficient (Wildman–Crippen LogP) is 4.24. The summed E-state index contributed by atoms with van der Waals surface area (Å²) in [5.74, 6) is 0.537. The van der Waals surface area contributed by atoms with Gasteiger partial charge < -0.3 is 10.1 Å². The van der Waals surface area contributed by atoms with E-state index in [2.05, 4.69) is 5.32 Å². The van der Waals surface area contributed by atoms with Crippen LogP contribution in [0.1, 0.15) is 48.0 Å². The summed E-state index contributed by atoms with van der Waals surface area (Å²) < 4.78 is 5.63. The van der Waals surface area contributed by atoms with Crippen LogP contribution in [0.3, 0.4) is 0 Å². The Morgan fingerprint density at radius 3 is 2.31 bits per heavy atom. The lowest BCUT2D eigenvalue weighted by Gasteiger charge is -2.22. The number of amides is 1. The van der Waals surface area contributed by atoms with Gasteiger partial charge in [-0.2, -0.15) is 0 Å². The number of carbonyl (C=O) groups excluding carboxylic acids is 1. The maximum atomic E-state index is 12.3. The van der Waals surface area contributed by atoms with E-state index in [1.165, 1.54) is 31.4 Å². The average Bonchev–Trinajstić information content (AvgIpc) is 2.68. The van der Waals surface area contributed by atoms with Crippen molar-refractivity contribution in [3.63, 3.8) is 0 Å². The van der Waals surface area contributed by atoms with Crippen LogP contribution >= 0.6 is 0 Å². The number of ether oxygens (including phenoxy) is 1. The molecule has 0 aliphatic heterocycles. The summed E-state index contributed by atoms with van der Waals surface area (Å²) in [5, 5.41) is 13.7. The topological polar surface area (TPSA) is 81.5 Å². The lowest BCUT2D eigenvalue weighted by atomic mass is 9.95. The highest BCUT2D eigenvalue weighted by molar-refractivity contribution is 5.94. The van der Waals surface area contributed by atoms with Gasteiger partial charge in [-0.05, 0) is 42.7 Å². The van der Waals surface area contributed by atoms with E-state index in [-0.39, 0.29) is 11.6 Å². The molecule has 0 spiro atoms. The van der Waals surface area contributed by atoms with E-state index in [9.17, 15) is 14.9 Å². The number of nitrogens with zero attached hydrogens (tertiary/aromatic N) is 1. The molecule has 0 radical (unpaired) electrons. The zero-order valence-corrected chi connectivity index (χ0v) is 14.5. The molecule has 1 aliphatic rings. The maximum Gasteiger partial charge on any atom is 0.269 e. The number of nitrogens with one attached hydrogen (secondary N) is 1. The molecule has 6 nitrogen and oxygen atoms in total. The first kappa shape index (κ1) is 17.9. The Morgan fingerprint density at radius 2 is 1.69 bits per heavy atom. The molecule has 1 N–H and O–H groups in total. The van der Waals surface area contributed by atoms with Crippen LogP contribution in [0.5, 0.6) is 5.75 Å². The largest absolute Gasteiger partial charge is 0.489 e. The van der Waals surface area contributed by atoms with Gasteiger partial charge in [-0.25, -0.2) is 0 Å². The van der Waals surface area contributed by atoms with Crippen LogP contribution in [0.25, 0.3) is 0 Å². The van der Waals surface area contributed by atoms with Gasteiger partial charge in [-0.1, -0.05) is 31.4 Å². The van der Waals surface area contributed by atoms with Crippen molar-refractivity contribution in [3.05, 3.63) is 69.8 Å². The Hall–Kier alpha value is -2.89. The molecule has 1 saturated carbocycles. The zero-order valence-electron chi connectivity index (χ0n) is 14.5. The van der Waals surface area contributed by atoms with E-state index in [4.69, 9.17) is 4.74 Å². The Bertz CT molecular complexity index is 750. The van der Waals surface area contributed by atoms with Gasteiger partial charge in [0.05, 0.1) is 4.92 Å². The second-order valence-electron chi connectivity index (χ2n) is 6.55. The fraction of sp³-hybridized carbons (Fsp3) is 0.350. The summed E-state index contributed by atoms with van der Waals surface area (Å²) in [6, 6.07) is 13.6. The summed E-state index contributed by atoms with van der Waals surface area (Å²) in [6.07, 6.45) is 5.75. The van der Waals surface area contributed by atoms with Gasteiger partial charge >= 0.3 is 0 Å². The van der Waals surface area contributed by atoms with Gasteiger partial charge in [-0.3, -0.25) is 14.9 Å². The minimum absolute atomic E-state index is 0.0280. The van der Waals surface area contributed by atoms with Crippen molar-refractivity contribution in [1.29, 1.82) is 0 Å². The molecule has 0 heterocycles. The molecule has 0 atom stereocenters. The van der Waals surface area contributed by atoms with Gasteiger partial charge in [0.15, 0.2) is 0 Å². The van der Waals surface area contributed by atoms with E-state index in [0.29, 0.717) is 24.0 Å². The molecule has 1 aliphatic carbocycles. The number of carbonyl (C=O) groups is 1. The Labute approximate surface area is 152 Å². The minimum atomic E-state index is -0.444. The van der Waals surface area contributed by atoms with Crippen LogP contribution in [-0.2, 0) is 6.61 Å². The Kier molecular flexibility index (Phi) is 5.84. The molecule has 26 heavy (non-hydrogen) atoms. The fourth-order valence-corrected chi connectivity index (χ4v) is 3.10. The lowest BCUT2D eigenvalue weighted by molar-refractivity contribution is -0.384. The monoisotopic (exact) mass is 354 g/mol. The van der Waals surface area contributed by atoms with Crippen LogP contribution in [0, 0.1) is 10.1 Å². The SMILES string of the molecule is O=C(NC1CCCCC1)c1ccc(COc2ccc([N+](=O)[O-])cc2)cc1. The molecular weight excluding hydrogens is 332 g/mol. The molecule has 1 fully saturated rings. The number of benzene rings is 2. The number of hydrogen-bond acceptors (Lipinski definition) is 4. The quantitative estimate of drug-likeness (QED) is 0.621. The van der Waals surface area contributed by atoms with E-state index in [0.717, 1.165) is 18.4 Å². The van der Waals surface area contributed by atoms with Crippen molar-refractivity contribution < 1.29 is 14.5 Å². The van der Waals surface area contributed by atoms with Gasteiger partial charge in [0.2, 0.25) is 0 Å². The molecule has 0 aromatic heterocycles. The molecule has 6 heteroatoms. The number of nitro benzene ring substituents is 1. The van der Waals surface area contributed by atoms with Crippen molar-refractivity contribution in [3.8, 4) is 5.75 Å². The molecule has 0 saturated heterocycles. The highest BCUT2D eigenvalue weighted by atomic mass is 16.6. The molecule has 2 aromatic rings. The summed E-state index contributed by atoms with van der Waals surface area (Å²) in [5.41, 5.74) is 1.61. The standard InChI is InChI=1S/C20H22N2O4/c23-20(21-17-4-2-1-3-5-17)16-8-6-15(7-9-16)14-26-19-12-10-18(11-13-19)22(24)25/h6-13,17H,1-5,14H2,(H,21,23). The smallest absolute Gasteiger partial charge is 0.269 e. The fourth-order valence-electron chi connectivity index (χ4n) is 3.10. The molecular formula is C20H22N2O4. The molecule has 0 bridgehead atoms. The van der Waals surface area contributed by atoms with E-state index in [1.807, 2.05) is 12.1 Å². The Morgan fingerprint density at radius 1 is 1.04 bits per heavy atom. The highest BCUT2D eigenvalue weighted by Gasteiger charge is 2.16. The first-order valence-corrected chi connectivity index (χ1v) is 8.89. The highest BCUT2D eigenvalue weighted by Crippen LogP contribution is 2.19. The first-order chi connectivity index (χ1) is 12.6. The third-order valence-corrected chi connectivity index (χ3v) is 4.61. The molecule has 1 amide bonds. The van der Waals surface area contributed by atoms with Crippen LogP contribution < -0.4 is 10.1 Å². The number of rotatable bonds is 6. The Balaban J connectivity index is 1.52. The van der Waals surface area contributed by atoms with Crippen molar-refractivity contribution in [2.75, 3.05) is 0 Å². The van der Waals surface area contributed by atoms with Gasteiger partial charge in [0.25, 0.3) is 11.6 Å². The van der Waals surface area contributed by atoms with Crippen LogP contribution in [0.4, 0.5) is 5.69 Å². The van der Waals surface area contributed by atoms with Crippen molar-refractivity contribution >= 4 is 11.6 Å². The first-order valence-electron chi connectivity index (χ1n) is 8.89. The third kappa shape index (κ3) is 4.81. The van der Waals surface area contributed by atoms with Crippen molar-refractivity contribution in [2.24, 2.45) is 0 Å². The zero-order chi connectivity index (χ0) is 18.4. The molecule has 0 unspecified atom stereocenters. The van der Waals surface area contributed by atoms with Crippen LogP contribution in [0.15, 0.2) is 48.5 Å². The van der Waals surface area contributed by atoms with Gasteiger partial charge in [-0.15, -0.1) is 0 Å². The van der Waals surface area contributed by atoms with E-state index >= 15 is 0 Å². The average molecular weight is 354 g/mol. The van der Waals surface area contributed by atoms with Crippen molar-refractivity contribution in [1.82, 2.24) is 5.32 Å². The van der Waals surface area contributed by atoms with E-state index in [1.54, 1.807) is 24.3 Å².